The number of thiocarbonyl (C=S) groups is 1. The summed E-state index contributed by atoms with van der Waals surface area (Å²) in [5.74, 6) is 0. The van der Waals surface area contributed by atoms with Crippen LogP contribution in [0.2, 0.25) is 0 Å². The van der Waals surface area contributed by atoms with Crippen LogP contribution >= 0.6 is 23.6 Å². The van der Waals surface area contributed by atoms with Crippen molar-refractivity contribution < 1.29 is 4.74 Å². The summed E-state index contributed by atoms with van der Waals surface area (Å²) >= 11 is 6.95. The van der Waals surface area contributed by atoms with Crippen LogP contribution in [0.5, 0.6) is 0 Å². The number of morpholine rings is 1. The van der Waals surface area contributed by atoms with Crippen LogP contribution in [-0.2, 0) is 11.3 Å². The Hall–Kier alpha value is -1.54. The van der Waals surface area contributed by atoms with Crippen LogP contribution in [0.25, 0.3) is 11.3 Å². The molecule has 0 amide bonds. The fourth-order valence-electron chi connectivity index (χ4n) is 2.60. The SMILES string of the molecule is CCNC(=S)Nc1nc(-c2ccccc2)c(CN2CCOCC2)s1. The Morgan fingerprint density at radius 3 is 2.75 bits per heavy atom. The van der Waals surface area contributed by atoms with E-state index in [9.17, 15) is 0 Å². The molecule has 7 heteroatoms. The number of aromatic nitrogens is 1. The van der Waals surface area contributed by atoms with E-state index in [1.54, 1.807) is 11.3 Å². The molecule has 1 aromatic carbocycles. The number of nitrogens with zero attached hydrogens (tertiary/aromatic N) is 2. The number of ether oxygens (including phenoxy) is 1. The highest BCUT2D eigenvalue weighted by Gasteiger charge is 2.18. The first-order chi connectivity index (χ1) is 11.8. The standard InChI is InChI=1S/C17H22N4OS2/c1-2-18-16(23)20-17-19-15(13-6-4-3-5-7-13)14(24-17)12-21-8-10-22-11-9-21/h3-7H,2,8-12H2,1H3,(H2,18,19,20,23). The summed E-state index contributed by atoms with van der Waals surface area (Å²) in [6.45, 7) is 7.24. The van der Waals surface area contributed by atoms with Crippen molar-refractivity contribution in [3.05, 3.63) is 35.2 Å². The van der Waals surface area contributed by atoms with Crippen LogP contribution in [0.1, 0.15) is 11.8 Å². The second-order valence-corrected chi connectivity index (χ2v) is 7.02. The molecule has 1 aromatic heterocycles. The summed E-state index contributed by atoms with van der Waals surface area (Å²) in [7, 11) is 0. The highest BCUT2D eigenvalue weighted by molar-refractivity contribution is 7.80. The van der Waals surface area contributed by atoms with Crippen LogP contribution in [0.3, 0.4) is 0 Å². The average Bonchev–Trinajstić information content (AvgIpc) is 2.99. The van der Waals surface area contributed by atoms with E-state index in [2.05, 4.69) is 27.7 Å². The molecule has 0 radical (unpaired) electrons. The molecular formula is C17H22N4OS2. The van der Waals surface area contributed by atoms with Gasteiger partial charge in [-0.3, -0.25) is 4.90 Å². The number of hydrogen-bond donors (Lipinski definition) is 2. The van der Waals surface area contributed by atoms with Crippen molar-refractivity contribution in [3.63, 3.8) is 0 Å². The van der Waals surface area contributed by atoms with Gasteiger partial charge in [0.2, 0.25) is 0 Å². The fraction of sp³-hybridized carbons (Fsp3) is 0.412. The van der Waals surface area contributed by atoms with Crippen molar-refractivity contribution >= 4 is 33.8 Å². The zero-order valence-corrected chi connectivity index (χ0v) is 15.4. The third-order valence-electron chi connectivity index (χ3n) is 3.77. The second-order valence-electron chi connectivity index (χ2n) is 5.53. The second kappa shape index (κ2) is 8.53. The normalized spacial score (nSPS) is 15.2. The van der Waals surface area contributed by atoms with E-state index in [0.717, 1.165) is 55.8 Å². The van der Waals surface area contributed by atoms with Gasteiger partial charge in [-0.05, 0) is 19.1 Å². The first-order valence-corrected chi connectivity index (χ1v) is 9.39. The average molecular weight is 363 g/mol. The largest absolute Gasteiger partial charge is 0.379 e. The van der Waals surface area contributed by atoms with Crippen molar-refractivity contribution in [2.45, 2.75) is 13.5 Å². The fourth-order valence-corrected chi connectivity index (χ4v) is 3.93. The third-order valence-corrected chi connectivity index (χ3v) is 4.98. The number of thiazole rings is 1. The number of benzene rings is 1. The van der Waals surface area contributed by atoms with Gasteiger partial charge in [-0.25, -0.2) is 4.98 Å². The van der Waals surface area contributed by atoms with Gasteiger partial charge in [-0.2, -0.15) is 0 Å². The van der Waals surface area contributed by atoms with Gasteiger partial charge in [0.25, 0.3) is 0 Å². The minimum atomic E-state index is 0.615. The molecule has 24 heavy (non-hydrogen) atoms. The Morgan fingerprint density at radius 1 is 1.29 bits per heavy atom. The highest BCUT2D eigenvalue weighted by atomic mass is 32.1. The summed E-state index contributed by atoms with van der Waals surface area (Å²) in [6, 6.07) is 10.3. The van der Waals surface area contributed by atoms with Crippen LogP contribution in [-0.4, -0.2) is 47.8 Å². The highest BCUT2D eigenvalue weighted by Crippen LogP contribution is 2.32. The van der Waals surface area contributed by atoms with Crippen molar-refractivity contribution in [2.75, 3.05) is 38.2 Å². The molecule has 2 heterocycles. The molecule has 0 saturated carbocycles. The number of rotatable bonds is 5. The first-order valence-electron chi connectivity index (χ1n) is 8.16. The van der Waals surface area contributed by atoms with E-state index < -0.39 is 0 Å². The molecule has 1 saturated heterocycles. The van der Waals surface area contributed by atoms with E-state index in [-0.39, 0.29) is 0 Å². The Labute approximate surface area is 152 Å². The van der Waals surface area contributed by atoms with E-state index in [0.29, 0.717) is 5.11 Å². The summed E-state index contributed by atoms with van der Waals surface area (Å²) in [5.41, 5.74) is 2.17. The Kier molecular flexibility index (Phi) is 6.14. The predicted octanol–water partition coefficient (Wildman–Crippen LogP) is 2.95. The summed E-state index contributed by atoms with van der Waals surface area (Å²) in [5, 5.41) is 7.75. The number of nitrogens with one attached hydrogen (secondary N) is 2. The lowest BCUT2D eigenvalue weighted by Crippen LogP contribution is -2.35. The first kappa shape index (κ1) is 17.3. The van der Waals surface area contributed by atoms with E-state index >= 15 is 0 Å². The molecule has 5 nitrogen and oxygen atoms in total. The Balaban J connectivity index is 1.83. The maximum absolute atomic E-state index is 5.45. The number of anilines is 1. The van der Waals surface area contributed by atoms with Gasteiger partial charge in [0.15, 0.2) is 10.2 Å². The van der Waals surface area contributed by atoms with Gasteiger partial charge in [0.05, 0.1) is 18.9 Å². The predicted molar refractivity (Wildman–Crippen MR) is 104 cm³/mol. The summed E-state index contributed by atoms with van der Waals surface area (Å²) in [6.07, 6.45) is 0. The van der Waals surface area contributed by atoms with E-state index in [1.807, 2.05) is 25.1 Å². The van der Waals surface area contributed by atoms with Gasteiger partial charge in [0, 0.05) is 36.6 Å². The molecule has 0 spiro atoms. The van der Waals surface area contributed by atoms with E-state index in [4.69, 9.17) is 21.9 Å². The molecule has 3 rings (SSSR count). The smallest absolute Gasteiger partial charge is 0.189 e. The zero-order chi connectivity index (χ0) is 16.8. The van der Waals surface area contributed by atoms with Gasteiger partial charge < -0.3 is 15.4 Å². The van der Waals surface area contributed by atoms with Crippen molar-refractivity contribution in [2.24, 2.45) is 0 Å². The quantitative estimate of drug-likeness (QED) is 0.798. The Morgan fingerprint density at radius 2 is 2.04 bits per heavy atom. The maximum atomic E-state index is 5.45. The molecule has 1 aliphatic rings. The van der Waals surface area contributed by atoms with Crippen molar-refractivity contribution in [1.29, 1.82) is 0 Å². The molecular weight excluding hydrogens is 340 g/mol. The summed E-state index contributed by atoms with van der Waals surface area (Å²) in [4.78, 5) is 8.46. The lowest BCUT2D eigenvalue weighted by Gasteiger charge is -2.26. The van der Waals surface area contributed by atoms with Crippen LogP contribution in [0, 0.1) is 0 Å². The molecule has 2 N–H and O–H groups in total. The van der Waals surface area contributed by atoms with Crippen LogP contribution in [0.15, 0.2) is 30.3 Å². The molecule has 0 unspecified atom stereocenters. The van der Waals surface area contributed by atoms with Gasteiger partial charge >= 0.3 is 0 Å². The zero-order valence-electron chi connectivity index (χ0n) is 13.7. The van der Waals surface area contributed by atoms with E-state index in [1.165, 1.54) is 4.88 Å². The molecule has 1 fully saturated rings. The lowest BCUT2D eigenvalue weighted by molar-refractivity contribution is 0.0347. The summed E-state index contributed by atoms with van der Waals surface area (Å²) < 4.78 is 5.45. The van der Waals surface area contributed by atoms with Crippen LogP contribution < -0.4 is 10.6 Å². The van der Waals surface area contributed by atoms with Crippen LogP contribution in [0.4, 0.5) is 5.13 Å². The molecule has 1 aliphatic heterocycles. The molecule has 0 bridgehead atoms. The van der Waals surface area contributed by atoms with Gasteiger partial charge in [-0.1, -0.05) is 41.7 Å². The third kappa shape index (κ3) is 4.51. The Bertz CT molecular complexity index is 668. The van der Waals surface area contributed by atoms with Crippen molar-refractivity contribution in [3.8, 4) is 11.3 Å². The van der Waals surface area contributed by atoms with Gasteiger partial charge in [0.1, 0.15) is 0 Å². The monoisotopic (exact) mass is 362 g/mol. The number of hydrogen-bond acceptors (Lipinski definition) is 5. The minimum absolute atomic E-state index is 0.615. The molecule has 0 aliphatic carbocycles. The molecule has 0 atom stereocenters. The topological polar surface area (TPSA) is 49.4 Å². The lowest BCUT2D eigenvalue weighted by atomic mass is 10.1. The van der Waals surface area contributed by atoms with Crippen molar-refractivity contribution in [1.82, 2.24) is 15.2 Å². The molecule has 2 aromatic rings. The molecule has 128 valence electrons. The maximum Gasteiger partial charge on any atom is 0.189 e. The van der Waals surface area contributed by atoms with Gasteiger partial charge in [-0.15, -0.1) is 0 Å². The minimum Gasteiger partial charge on any atom is -0.379 e.